The Labute approximate surface area is 125 Å². The molecule has 0 fully saturated rings. The summed E-state index contributed by atoms with van der Waals surface area (Å²) >= 11 is 6.21. The topological polar surface area (TPSA) is 61.5 Å². The normalized spacial score (nSPS) is 12.0. The van der Waals surface area contributed by atoms with Crippen molar-refractivity contribution in [2.45, 2.75) is 38.6 Å². The zero-order chi connectivity index (χ0) is 15.0. The van der Waals surface area contributed by atoms with Crippen molar-refractivity contribution in [2.24, 2.45) is 5.73 Å². The SMILES string of the molecule is CCC(N)Cc1c(Cl)cccc1OCCCC(=O)OC. The lowest BCUT2D eigenvalue weighted by molar-refractivity contribution is -0.140. The maximum absolute atomic E-state index is 11.0. The van der Waals surface area contributed by atoms with Crippen LogP contribution in [0.4, 0.5) is 0 Å². The van der Waals surface area contributed by atoms with Crippen molar-refractivity contribution in [3.8, 4) is 5.75 Å². The molecule has 0 aliphatic heterocycles. The molecule has 1 atom stereocenters. The highest BCUT2D eigenvalue weighted by molar-refractivity contribution is 6.31. The minimum Gasteiger partial charge on any atom is -0.493 e. The van der Waals surface area contributed by atoms with Crippen molar-refractivity contribution in [3.05, 3.63) is 28.8 Å². The summed E-state index contributed by atoms with van der Waals surface area (Å²) in [6.45, 7) is 2.49. The molecule has 0 saturated heterocycles. The smallest absolute Gasteiger partial charge is 0.305 e. The Morgan fingerprint density at radius 3 is 2.85 bits per heavy atom. The predicted molar refractivity (Wildman–Crippen MR) is 80.2 cm³/mol. The standard InChI is InChI=1S/C15H22ClNO3/c1-3-11(17)10-12-13(16)6-4-7-14(12)20-9-5-8-15(18)19-2/h4,6-7,11H,3,5,8-10,17H2,1-2H3. The largest absolute Gasteiger partial charge is 0.493 e. The molecule has 1 aromatic rings. The Bertz CT molecular complexity index is 437. The summed E-state index contributed by atoms with van der Waals surface area (Å²) in [6, 6.07) is 5.62. The molecule has 0 aliphatic rings. The lowest BCUT2D eigenvalue weighted by Gasteiger charge is -2.15. The van der Waals surface area contributed by atoms with Crippen molar-refractivity contribution < 1.29 is 14.3 Å². The Kier molecular flexibility index (Phi) is 7.41. The van der Waals surface area contributed by atoms with Gasteiger partial charge in [0.05, 0.1) is 13.7 Å². The fourth-order valence-corrected chi connectivity index (χ4v) is 2.02. The van der Waals surface area contributed by atoms with Gasteiger partial charge >= 0.3 is 5.97 Å². The number of hydrogen-bond donors (Lipinski definition) is 1. The zero-order valence-electron chi connectivity index (χ0n) is 12.0. The van der Waals surface area contributed by atoms with Gasteiger partial charge in [-0.05, 0) is 31.4 Å². The van der Waals surface area contributed by atoms with E-state index in [1.807, 2.05) is 25.1 Å². The molecule has 1 aromatic carbocycles. The van der Waals surface area contributed by atoms with Crippen LogP contribution in [-0.2, 0) is 16.0 Å². The van der Waals surface area contributed by atoms with Gasteiger partial charge in [-0.3, -0.25) is 4.79 Å². The van der Waals surface area contributed by atoms with Crippen LogP contribution in [0.5, 0.6) is 5.75 Å². The average molecular weight is 300 g/mol. The van der Waals surface area contributed by atoms with E-state index in [1.54, 1.807) is 0 Å². The number of hydrogen-bond acceptors (Lipinski definition) is 4. The van der Waals surface area contributed by atoms with E-state index in [0.717, 1.165) is 17.7 Å². The summed E-state index contributed by atoms with van der Waals surface area (Å²) in [7, 11) is 1.38. The van der Waals surface area contributed by atoms with Crippen molar-refractivity contribution in [1.29, 1.82) is 0 Å². The third kappa shape index (κ3) is 5.39. The van der Waals surface area contributed by atoms with Gasteiger partial charge in [-0.2, -0.15) is 0 Å². The highest BCUT2D eigenvalue weighted by Gasteiger charge is 2.12. The van der Waals surface area contributed by atoms with E-state index in [-0.39, 0.29) is 12.0 Å². The van der Waals surface area contributed by atoms with Gasteiger partial charge in [0, 0.05) is 23.0 Å². The van der Waals surface area contributed by atoms with Gasteiger partial charge in [0.15, 0.2) is 0 Å². The summed E-state index contributed by atoms with van der Waals surface area (Å²) in [4.78, 5) is 11.0. The second-order valence-electron chi connectivity index (χ2n) is 4.62. The lowest BCUT2D eigenvalue weighted by Crippen LogP contribution is -2.22. The van der Waals surface area contributed by atoms with Gasteiger partial charge in [0.1, 0.15) is 5.75 Å². The molecule has 0 saturated carbocycles. The van der Waals surface area contributed by atoms with E-state index in [2.05, 4.69) is 4.74 Å². The van der Waals surface area contributed by atoms with Crippen LogP contribution in [0.15, 0.2) is 18.2 Å². The van der Waals surface area contributed by atoms with E-state index in [0.29, 0.717) is 30.9 Å². The second-order valence-corrected chi connectivity index (χ2v) is 5.02. The van der Waals surface area contributed by atoms with Gasteiger partial charge in [-0.15, -0.1) is 0 Å². The molecule has 112 valence electrons. The van der Waals surface area contributed by atoms with Crippen molar-refractivity contribution in [2.75, 3.05) is 13.7 Å². The number of halogens is 1. The van der Waals surface area contributed by atoms with Gasteiger partial charge < -0.3 is 15.2 Å². The molecule has 0 bridgehead atoms. The average Bonchev–Trinajstić information content (AvgIpc) is 2.46. The highest BCUT2D eigenvalue weighted by atomic mass is 35.5. The molecular weight excluding hydrogens is 278 g/mol. The van der Waals surface area contributed by atoms with Gasteiger partial charge in [0.2, 0.25) is 0 Å². The van der Waals surface area contributed by atoms with Crippen molar-refractivity contribution in [3.63, 3.8) is 0 Å². The number of carbonyl (C=O) groups excluding carboxylic acids is 1. The zero-order valence-corrected chi connectivity index (χ0v) is 12.8. The summed E-state index contributed by atoms with van der Waals surface area (Å²) in [5, 5.41) is 0.666. The first kappa shape index (κ1) is 16.8. The Hall–Kier alpha value is -1.26. The minimum absolute atomic E-state index is 0.0623. The van der Waals surface area contributed by atoms with Crippen LogP contribution in [0.1, 0.15) is 31.7 Å². The fraction of sp³-hybridized carbons (Fsp3) is 0.533. The number of benzene rings is 1. The van der Waals surface area contributed by atoms with Crippen LogP contribution in [-0.4, -0.2) is 25.7 Å². The third-order valence-electron chi connectivity index (χ3n) is 3.08. The summed E-state index contributed by atoms with van der Waals surface area (Å²) in [6.07, 6.45) is 2.52. The fourth-order valence-electron chi connectivity index (χ4n) is 1.78. The summed E-state index contributed by atoms with van der Waals surface area (Å²) < 4.78 is 10.3. The lowest BCUT2D eigenvalue weighted by atomic mass is 10.0. The minimum atomic E-state index is -0.229. The molecule has 5 heteroatoms. The first-order valence-corrected chi connectivity index (χ1v) is 7.18. The molecule has 1 rings (SSSR count). The number of ether oxygens (including phenoxy) is 2. The molecule has 0 aliphatic carbocycles. The van der Waals surface area contributed by atoms with Crippen molar-refractivity contribution >= 4 is 17.6 Å². The first-order valence-electron chi connectivity index (χ1n) is 6.81. The van der Waals surface area contributed by atoms with Crippen LogP contribution >= 0.6 is 11.6 Å². The predicted octanol–water partition coefficient (Wildman–Crippen LogP) is 2.95. The monoisotopic (exact) mass is 299 g/mol. The summed E-state index contributed by atoms with van der Waals surface area (Å²) in [5.41, 5.74) is 6.91. The van der Waals surface area contributed by atoms with E-state index in [1.165, 1.54) is 7.11 Å². The van der Waals surface area contributed by atoms with E-state index >= 15 is 0 Å². The van der Waals surface area contributed by atoms with Crippen LogP contribution < -0.4 is 10.5 Å². The number of rotatable bonds is 8. The highest BCUT2D eigenvalue weighted by Crippen LogP contribution is 2.28. The van der Waals surface area contributed by atoms with Crippen LogP contribution in [0.2, 0.25) is 5.02 Å². The van der Waals surface area contributed by atoms with Gasteiger partial charge in [-0.1, -0.05) is 24.6 Å². The van der Waals surface area contributed by atoms with Crippen LogP contribution in [0, 0.1) is 0 Å². The van der Waals surface area contributed by atoms with E-state index < -0.39 is 0 Å². The Morgan fingerprint density at radius 1 is 1.45 bits per heavy atom. The van der Waals surface area contributed by atoms with Crippen LogP contribution in [0.3, 0.4) is 0 Å². The molecule has 0 amide bonds. The van der Waals surface area contributed by atoms with Gasteiger partial charge in [-0.25, -0.2) is 0 Å². The Morgan fingerprint density at radius 2 is 2.20 bits per heavy atom. The van der Waals surface area contributed by atoms with Gasteiger partial charge in [0.25, 0.3) is 0 Å². The molecule has 0 aromatic heterocycles. The number of methoxy groups -OCH3 is 1. The molecule has 4 nitrogen and oxygen atoms in total. The molecule has 0 heterocycles. The number of carbonyl (C=O) groups is 1. The molecule has 0 spiro atoms. The van der Waals surface area contributed by atoms with E-state index in [4.69, 9.17) is 22.1 Å². The number of esters is 1. The molecule has 2 N–H and O–H groups in total. The quantitative estimate of drug-likeness (QED) is 0.592. The molecular formula is C15H22ClNO3. The second kappa shape index (κ2) is 8.82. The first-order chi connectivity index (χ1) is 9.58. The molecule has 1 unspecified atom stereocenters. The molecule has 0 radical (unpaired) electrons. The maximum Gasteiger partial charge on any atom is 0.305 e. The van der Waals surface area contributed by atoms with Crippen LogP contribution in [0.25, 0.3) is 0 Å². The van der Waals surface area contributed by atoms with Crippen molar-refractivity contribution in [1.82, 2.24) is 0 Å². The molecule has 20 heavy (non-hydrogen) atoms. The Balaban J connectivity index is 2.60. The summed E-state index contributed by atoms with van der Waals surface area (Å²) in [5.74, 6) is 0.513. The third-order valence-corrected chi connectivity index (χ3v) is 3.43. The van der Waals surface area contributed by atoms with E-state index in [9.17, 15) is 4.79 Å². The number of nitrogens with two attached hydrogens (primary N) is 1. The maximum atomic E-state index is 11.0.